The Balaban J connectivity index is 0.000000454. The summed E-state index contributed by atoms with van der Waals surface area (Å²) in [6.07, 6.45) is 2.61. The van der Waals surface area contributed by atoms with Gasteiger partial charge in [0.1, 0.15) is 0 Å². The van der Waals surface area contributed by atoms with Crippen LogP contribution in [-0.4, -0.2) is 26.7 Å². The molecule has 0 aliphatic carbocycles. The zero-order chi connectivity index (χ0) is 13.4. The monoisotopic (exact) mass is 334 g/mol. The Kier molecular flexibility index (Phi) is 10.9. The molecule has 0 radical (unpaired) electrons. The van der Waals surface area contributed by atoms with Crippen molar-refractivity contribution >= 4 is 15.8 Å². The second-order valence-corrected chi connectivity index (χ2v) is 9.97. The summed E-state index contributed by atoms with van der Waals surface area (Å²) in [5, 5.41) is 0. The van der Waals surface area contributed by atoms with E-state index in [9.17, 15) is 0 Å². The molecule has 3 heteroatoms. The quantitative estimate of drug-likeness (QED) is 0.405. The summed E-state index contributed by atoms with van der Waals surface area (Å²) < 4.78 is 0. The molecule has 2 rings (SSSR count). The van der Waals surface area contributed by atoms with E-state index in [0.717, 1.165) is 0 Å². The van der Waals surface area contributed by atoms with Crippen LogP contribution in [-0.2, 0) is 29.4 Å². The van der Waals surface area contributed by atoms with Crippen LogP contribution in [0, 0.1) is 0 Å². The summed E-state index contributed by atoms with van der Waals surface area (Å²) in [4.78, 5) is 0. The second-order valence-electron chi connectivity index (χ2n) is 5.01. The van der Waals surface area contributed by atoms with Crippen molar-refractivity contribution in [3.05, 3.63) is 59.7 Å². The zero-order valence-corrected chi connectivity index (χ0v) is 15.2. The van der Waals surface area contributed by atoms with Crippen LogP contribution in [0.2, 0.25) is 0 Å². The van der Waals surface area contributed by atoms with E-state index in [1.807, 2.05) is 30.3 Å². The molecule has 2 aromatic rings. The maximum Gasteiger partial charge on any atom is 0 e. The van der Waals surface area contributed by atoms with Gasteiger partial charge in [0.05, 0.1) is 0 Å². The Bertz CT molecular complexity index is 360. The Morgan fingerprint density at radius 2 is 1.47 bits per heavy atom. The van der Waals surface area contributed by atoms with Crippen LogP contribution < -0.4 is 0 Å². The van der Waals surface area contributed by atoms with Gasteiger partial charge in [0.25, 0.3) is 0 Å². The molecule has 0 aliphatic rings. The molecular formula is C16H24FeP2-6. The van der Waals surface area contributed by atoms with E-state index in [2.05, 4.69) is 44.9 Å². The molecule has 0 nitrogen and oxygen atoms in total. The minimum Gasteiger partial charge on any atom is -0.748 e. The van der Waals surface area contributed by atoms with Crippen molar-refractivity contribution in [3.8, 4) is 0 Å². The SMILES string of the molecule is CP(C)Cc1ccc[c-]1CP(C)C.[Fe].[cH-]1[cH-][cH-][cH-][cH-]1. The minimum atomic E-state index is 0. The van der Waals surface area contributed by atoms with Gasteiger partial charge in [-0.15, -0.1) is 21.4 Å². The van der Waals surface area contributed by atoms with Crippen LogP contribution >= 0.6 is 15.8 Å². The predicted octanol–water partition coefficient (Wildman–Crippen LogP) is 5.29. The Hall–Kier alpha value is 0.0795. The smallest absolute Gasteiger partial charge is 0 e. The Labute approximate surface area is 131 Å². The maximum atomic E-state index is 2.35. The third-order valence-electron chi connectivity index (χ3n) is 2.54. The average Bonchev–Trinajstić information content (AvgIpc) is 2.92. The first-order chi connectivity index (χ1) is 8.59. The van der Waals surface area contributed by atoms with Crippen LogP contribution in [0.25, 0.3) is 0 Å². The van der Waals surface area contributed by atoms with Gasteiger partial charge >= 0.3 is 0 Å². The summed E-state index contributed by atoms with van der Waals surface area (Å²) in [7, 11) is 0.430. The van der Waals surface area contributed by atoms with Gasteiger partial charge < -0.3 is 30.3 Å². The molecule has 0 saturated heterocycles. The van der Waals surface area contributed by atoms with E-state index in [4.69, 9.17) is 0 Å². The van der Waals surface area contributed by atoms with Gasteiger partial charge in [0.2, 0.25) is 0 Å². The van der Waals surface area contributed by atoms with E-state index in [-0.39, 0.29) is 32.9 Å². The van der Waals surface area contributed by atoms with Crippen molar-refractivity contribution in [1.82, 2.24) is 0 Å². The molecular weight excluding hydrogens is 310 g/mol. The third-order valence-corrected chi connectivity index (χ3v) is 4.48. The molecule has 0 amide bonds. The molecule has 0 saturated carbocycles. The summed E-state index contributed by atoms with van der Waals surface area (Å²) in [6.45, 7) is 9.42. The van der Waals surface area contributed by atoms with Crippen molar-refractivity contribution in [2.24, 2.45) is 0 Å². The van der Waals surface area contributed by atoms with Crippen molar-refractivity contribution < 1.29 is 17.1 Å². The Morgan fingerprint density at radius 1 is 0.947 bits per heavy atom. The van der Waals surface area contributed by atoms with Gasteiger partial charge in [-0.2, -0.15) is 11.6 Å². The zero-order valence-electron chi connectivity index (χ0n) is 12.3. The van der Waals surface area contributed by atoms with Gasteiger partial charge in [0, 0.05) is 17.1 Å². The third kappa shape index (κ3) is 8.78. The summed E-state index contributed by atoms with van der Waals surface area (Å²) in [5.41, 5.74) is 3.21. The second kappa shape index (κ2) is 10.8. The standard InChI is InChI=1S/C11H19P2.C5H5.Fe/c1-12(2)8-10-6-5-7-11(10)9-13(3)4;1-2-4-5-3-1;/h5-7H,8-9H2,1-4H3;1-5H;/q-1;-5;. The number of hydrogen-bond acceptors (Lipinski definition) is 0. The van der Waals surface area contributed by atoms with Crippen molar-refractivity contribution in [2.75, 3.05) is 26.7 Å². The first-order valence-corrected chi connectivity index (χ1v) is 11.1. The predicted molar refractivity (Wildman–Crippen MR) is 89.0 cm³/mol. The molecule has 0 atom stereocenters. The fourth-order valence-corrected chi connectivity index (χ4v) is 3.78. The Morgan fingerprint density at radius 3 is 1.89 bits per heavy atom. The first-order valence-electron chi connectivity index (χ1n) is 6.29. The van der Waals surface area contributed by atoms with Crippen LogP contribution in [0.5, 0.6) is 0 Å². The molecule has 0 aliphatic heterocycles. The molecule has 0 N–H and O–H groups in total. The van der Waals surface area contributed by atoms with Crippen molar-refractivity contribution in [1.29, 1.82) is 0 Å². The summed E-state index contributed by atoms with van der Waals surface area (Å²) in [6, 6.07) is 16.8. The van der Waals surface area contributed by atoms with Gasteiger partial charge in [-0.25, -0.2) is 12.1 Å². The molecule has 0 bridgehead atoms. The summed E-state index contributed by atoms with van der Waals surface area (Å²) in [5.74, 6) is 0. The first kappa shape index (κ1) is 19.1. The molecule has 0 fully saturated rings. The van der Waals surface area contributed by atoms with Gasteiger partial charge in [-0.1, -0.05) is 6.16 Å². The molecule has 2 aromatic carbocycles. The van der Waals surface area contributed by atoms with E-state index in [0.29, 0.717) is 0 Å². The van der Waals surface area contributed by atoms with Gasteiger partial charge in [-0.05, 0) is 32.8 Å². The van der Waals surface area contributed by atoms with Crippen molar-refractivity contribution in [2.45, 2.75) is 12.3 Å². The van der Waals surface area contributed by atoms with Crippen LogP contribution in [0.3, 0.4) is 0 Å². The molecule has 0 aromatic heterocycles. The molecule has 0 heterocycles. The minimum absolute atomic E-state index is 0. The van der Waals surface area contributed by atoms with E-state index < -0.39 is 0 Å². The number of rotatable bonds is 4. The maximum absolute atomic E-state index is 2.35. The van der Waals surface area contributed by atoms with Gasteiger partial charge in [-0.3, -0.25) is 0 Å². The van der Waals surface area contributed by atoms with Gasteiger partial charge in [0.15, 0.2) is 0 Å². The average molecular weight is 334 g/mol. The summed E-state index contributed by atoms with van der Waals surface area (Å²) >= 11 is 0. The number of hydrogen-bond donors (Lipinski definition) is 0. The van der Waals surface area contributed by atoms with Crippen molar-refractivity contribution in [3.63, 3.8) is 0 Å². The normalized spacial score (nSPS) is 10.0. The van der Waals surface area contributed by atoms with E-state index in [1.54, 1.807) is 11.1 Å². The van der Waals surface area contributed by atoms with Crippen LogP contribution in [0.1, 0.15) is 11.1 Å². The van der Waals surface area contributed by atoms with Crippen LogP contribution in [0.4, 0.5) is 0 Å². The fraction of sp³-hybridized carbons (Fsp3) is 0.375. The molecule has 0 unspecified atom stereocenters. The fourth-order valence-electron chi connectivity index (χ4n) is 1.81. The largest absolute Gasteiger partial charge is 0.748 e. The molecule has 19 heavy (non-hydrogen) atoms. The molecule has 0 spiro atoms. The molecule has 112 valence electrons. The van der Waals surface area contributed by atoms with E-state index >= 15 is 0 Å². The van der Waals surface area contributed by atoms with E-state index in [1.165, 1.54) is 12.3 Å². The van der Waals surface area contributed by atoms with Crippen LogP contribution in [0.15, 0.2) is 48.5 Å². The topological polar surface area (TPSA) is 0 Å².